The first kappa shape index (κ1) is 14.5. The quantitative estimate of drug-likeness (QED) is 0.847. The number of morpholine rings is 1. The van der Waals surface area contributed by atoms with Gasteiger partial charge in [0, 0.05) is 25.3 Å². The summed E-state index contributed by atoms with van der Waals surface area (Å²) in [4.78, 5) is 18.9. The molecule has 20 heavy (non-hydrogen) atoms. The Morgan fingerprint density at radius 2 is 2.15 bits per heavy atom. The number of carbonyl (C=O) groups excluding carboxylic acids is 1. The molecule has 0 saturated carbocycles. The lowest BCUT2D eigenvalue weighted by Gasteiger charge is -2.29. The second-order valence-electron chi connectivity index (χ2n) is 5.06. The van der Waals surface area contributed by atoms with E-state index in [4.69, 9.17) is 4.74 Å². The summed E-state index contributed by atoms with van der Waals surface area (Å²) in [6, 6.07) is 3.69. The summed E-state index contributed by atoms with van der Waals surface area (Å²) in [5.74, 6) is 0.634. The van der Waals surface area contributed by atoms with Crippen molar-refractivity contribution in [3.8, 4) is 0 Å². The zero-order valence-electron chi connectivity index (χ0n) is 12.1. The topological polar surface area (TPSA) is 54.5 Å². The molecule has 0 aromatic carbocycles. The van der Waals surface area contributed by atoms with E-state index in [1.165, 1.54) is 0 Å². The molecule has 2 rings (SSSR count). The fourth-order valence-electron chi connectivity index (χ4n) is 2.06. The molecule has 1 aliphatic rings. The zero-order chi connectivity index (χ0) is 14.5. The summed E-state index contributed by atoms with van der Waals surface area (Å²) in [7, 11) is 0. The lowest BCUT2D eigenvalue weighted by atomic mass is 10.2. The summed E-state index contributed by atoms with van der Waals surface area (Å²) in [5, 5.41) is 2.86. The van der Waals surface area contributed by atoms with Gasteiger partial charge in [-0.25, -0.2) is 4.98 Å². The third-order valence-electron chi connectivity index (χ3n) is 3.12. The van der Waals surface area contributed by atoms with E-state index < -0.39 is 0 Å². The van der Waals surface area contributed by atoms with Crippen molar-refractivity contribution < 1.29 is 9.53 Å². The van der Waals surface area contributed by atoms with Crippen molar-refractivity contribution in [1.29, 1.82) is 0 Å². The number of nitrogens with one attached hydrogen (secondary N) is 1. The molecule has 0 aliphatic carbocycles. The largest absolute Gasteiger partial charge is 0.378 e. The SMILES string of the molecule is C=C(C)CNC(=O)c1ccc(C)nc1N1CCOCC1. The van der Waals surface area contributed by atoms with Gasteiger partial charge in [-0.3, -0.25) is 4.79 Å². The van der Waals surface area contributed by atoms with Gasteiger partial charge in [-0.2, -0.15) is 0 Å². The Kier molecular flexibility index (Phi) is 4.74. The van der Waals surface area contributed by atoms with Crippen molar-refractivity contribution in [3.63, 3.8) is 0 Å². The minimum Gasteiger partial charge on any atom is -0.378 e. The number of nitrogens with zero attached hydrogens (tertiary/aromatic N) is 2. The van der Waals surface area contributed by atoms with Crippen LogP contribution in [0.5, 0.6) is 0 Å². The van der Waals surface area contributed by atoms with E-state index in [0.717, 1.165) is 30.2 Å². The predicted octanol–water partition coefficient (Wildman–Crippen LogP) is 1.53. The van der Waals surface area contributed by atoms with Gasteiger partial charge < -0.3 is 15.0 Å². The lowest BCUT2D eigenvalue weighted by Crippen LogP contribution is -2.38. The molecule has 0 unspecified atom stereocenters. The van der Waals surface area contributed by atoms with Crippen LogP contribution in [-0.4, -0.2) is 43.7 Å². The third kappa shape index (κ3) is 3.57. The highest BCUT2D eigenvalue weighted by atomic mass is 16.5. The summed E-state index contributed by atoms with van der Waals surface area (Å²) >= 11 is 0. The number of ether oxygens (including phenoxy) is 1. The lowest BCUT2D eigenvalue weighted by molar-refractivity contribution is 0.0955. The Hall–Kier alpha value is -1.88. The molecule has 1 N–H and O–H groups in total. The Morgan fingerprint density at radius 3 is 2.80 bits per heavy atom. The van der Waals surface area contributed by atoms with Crippen molar-refractivity contribution in [1.82, 2.24) is 10.3 Å². The monoisotopic (exact) mass is 275 g/mol. The average Bonchev–Trinajstić information content (AvgIpc) is 2.45. The number of anilines is 1. The van der Waals surface area contributed by atoms with Crippen LogP contribution in [0.25, 0.3) is 0 Å². The van der Waals surface area contributed by atoms with E-state index in [9.17, 15) is 4.79 Å². The maximum atomic E-state index is 12.3. The van der Waals surface area contributed by atoms with Crippen LogP contribution in [0.15, 0.2) is 24.3 Å². The normalized spacial score (nSPS) is 15.0. The van der Waals surface area contributed by atoms with Crippen LogP contribution in [0.2, 0.25) is 0 Å². The van der Waals surface area contributed by atoms with E-state index in [1.54, 1.807) is 0 Å². The van der Waals surface area contributed by atoms with Crippen LogP contribution >= 0.6 is 0 Å². The molecule has 1 saturated heterocycles. The minimum atomic E-state index is -0.109. The zero-order valence-corrected chi connectivity index (χ0v) is 12.1. The summed E-state index contributed by atoms with van der Waals surface area (Å²) in [6.07, 6.45) is 0. The standard InChI is InChI=1S/C15H21N3O2/c1-11(2)10-16-15(19)13-5-4-12(3)17-14(13)18-6-8-20-9-7-18/h4-5H,1,6-10H2,2-3H3,(H,16,19). The van der Waals surface area contributed by atoms with Gasteiger partial charge in [0.05, 0.1) is 18.8 Å². The molecule has 1 fully saturated rings. The number of rotatable bonds is 4. The molecule has 1 aromatic rings. The highest BCUT2D eigenvalue weighted by Gasteiger charge is 2.20. The molecule has 5 heteroatoms. The molecule has 1 aliphatic heterocycles. The number of hydrogen-bond acceptors (Lipinski definition) is 4. The molecule has 5 nitrogen and oxygen atoms in total. The molecule has 2 heterocycles. The molecular weight excluding hydrogens is 254 g/mol. The van der Waals surface area contributed by atoms with E-state index in [0.29, 0.717) is 25.3 Å². The molecule has 0 radical (unpaired) electrons. The summed E-state index contributed by atoms with van der Waals surface area (Å²) < 4.78 is 5.35. The Bertz CT molecular complexity index is 508. The predicted molar refractivity (Wildman–Crippen MR) is 79.2 cm³/mol. The van der Waals surface area contributed by atoms with Gasteiger partial charge in [-0.1, -0.05) is 12.2 Å². The molecule has 0 atom stereocenters. The van der Waals surface area contributed by atoms with Crippen LogP contribution in [0.1, 0.15) is 23.0 Å². The van der Waals surface area contributed by atoms with Crippen molar-refractivity contribution in [2.24, 2.45) is 0 Å². The Labute approximate surface area is 119 Å². The van der Waals surface area contributed by atoms with Gasteiger partial charge in [0.25, 0.3) is 5.91 Å². The van der Waals surface area contributed by atoms with Crippen LogP contribution in [-0.2, 0) is 4.74 Å². The molecule has 0 bridgehead atoms. The average molecular weight is 275 g/mol. The minimum absolute atomic E-state index is 0.109. The van der Waals surface area contributed by atoms with E-state index in [-0.39, 0.29) is 5.91 Å². The van der Waals surface area contributed by atoms with E-state index in [2.05, 4.69) is 21.8 Å². The van der Waals surface area contributed by atoms with E-state index in [1.807, 2.05) is 26.0 Å². The Morgan fingerprint density at radius 1 is 1.45 bits per heavy atom. The first-order valence-corrected chi connectivity index (χ1v) is 6.81. The number of aryl methyl sites for hydroxylation is 1. The third-order valence-corrected chi connectivity index (χ3v) is 3.12. The number of amides is 1. The summed E-state index contributed by atoms with van der Waals surface area (Å²) in [5.41, 5.74) is 2.44. The van der Waals surface area contributed by atoms with Crippen molar-refractivity contribution in [2.45, 2.75) is 13.8 Å². The fraction of sp³-hybridized carbons (Fsp3) is 0.467. The second-order valence-corrected chi connectivity index (χ2v) is 5.06. The van der Waals surface area contributed by atoms with Crippen LogP contribution in [0.3, 0.4) is 0 Å². The maximum absolute atomic E-state index is 12.3. The van der Waals surface area contributed by atoms with Gasteiger partial charge in [0.15, 0.2) is 0 Å². The first-order chi connectivity index (χ1) is 9.58. The van der Waals surface area contributed by atoms with Gasteiger partial charge in [-0.05, 0) is 26.0 Å². The van der Waals surface area contributed by atoms with Gasteiger partial charge >= 0.3 is 0 Å². The molecule has 108 valence electrons. The van der Waals surface area contributed by atoms with Crippen molar-refractivity contribution >= 4 is 11.7 Å². The number of aromatic nitrogens is 1. The Balaban J connectivity index is 2.22. The molecule has 0 spiro atoms. The summed E-state index contributed by atoms with van der Waals surface area (Å²) in [6.45, 7) is 10.9. The number of pyridine rings is 1. The fourth-order valence-corrected chi connectivity index (χ4v) is 2.06. The van der Waals surface area contributed by atoms with E-state index >= 15 is 0 Å². The molecule has 1 amide bonds. The van der Waals surface area contributed by atoms with Crippen LogP contribution in [0.4, 0.5) is 5.82 Å². The van der Waals surface area contributed by atoms with Crippen molar-refractivity contribution in [3.05, 3.63) is 35.5 Å². The highest BCUT2D eigenvalue weighted by molar-refractivity contribution is 5.99. The highest BCUT2D eigenvalue weighted by Crippen LogP contribution is 2.19. The van der Waals surface area contributed by atoms with Crippen LogP contribution < -0.4 is 10.2 Å². The van der Waals surface area contributed by atoms with Gasteiger partial charge in [-0.15, -0.1) is 0 Å². The first-order valence-electron chi connectivity index (χ1n) is 6.81. The number of carbonyl (C=O) groups is 1. The van der Waals surface area contributed by atoms with Gasteiger partial charge in [0.2, 0.25) is 0 Å². The van der Waals surface area contributed by atoms with Crippen molar-refractivity contribution in [2.75, 3.05) is 37.7 Å². The smallest absolute Gasteiger partial charge is 0.255 e. The molecular formula is C15H21N3O2. The molecule has 1 aromatic heterocycles. The van der Waals surface area contributed by atoms with Crippen LogP contribution in [0, 0.1) is 6.92 Å². The maximum Gasteiger partial charge on any atom is 0.255 e. The number of hydrogen-bond donors (Lipinski definition) is 1. The van der Waals surface area contributed by atoms with Gasteiger partial charge in [0.1, 0.15) is 5.82 Å². The second kappa shape index (κ2) is 6.52.